The van der Waals surface area contributed by atoms with Crippen molar-refractivity contribution in [3.63, 3.8) is 0 Å². The highest BCUT2D eigenvalue weighted by Crippen LogP contribution is 2.37. The van der Waals surface area contributed by atoms with Crippen molar-refractivity contribution >= 4 is 16.8 Å². The average Bonchev–Trinajstić information content (AvgIpc) is 3.26. The van der Waals surface area contributed by atoms with Crippen LogP contribution in [0.25, 0.3) is 10.9 Å². The second-order valence-electron chi connectivity index (χ2n) is 9.08. The molecule has 1 amide bonds. The van der Waals surface area contributed by atoms with Crippen LogP contribution < -0.4 is 0 Å². The van der Waals surface area contributed by atoms with Gasteiger partial charge >= 0.3 is 6.18 Å². The summed E-state index contributed by atoms with van der Waals surface area (Å²) < 4.78 is 47.2. The van der Waals surface area contributed by atoms with Gasteiger partial charge in [-0.3, -0.25) is 4.79 Å². The van der Waals surface area contributed by atoms with Gasteiger partial charge in [-0.15, -0.1) is 0 Å². The van der Waals surface area contributed by atoms with Crippen LogP contribution in [0.2, 0.25) is 0 Å². The lowest BCUT2D eigenvalue weighted by molar-refractivity contribution is -0.138. The molecule has 1 saturated heterocycles. The van der Waals surface area contributed by atoms with E-state index >= 15 is 0 Å². The summed E-state index contributed by atoms with van der Waals surface area (Å²) in [4.78, 5) is 15.1. The van der Waals surface area contributed by atoms with Crippen molar-refractivity contribution in [3.8, 4) is 0 Å². The summed E-state index contributed by atoms with van der Waals surface area (Å²) in [6.07, 6.45) is -2.19. The number of aromatic nitrogens is 1. The van der Waals surface area contributed by atoms with Gasteiger partial charge in [0.1, 0.15) is 0 Å². The number of nitrogens with zero attached hydrogens (tertiary/aromatic N) is 2. The fraction of sp³-hybridized carbons (Fsp3) is 0.276. The maximum Gasteiger partial charge on any atom is 0.416 e. The van der Waals surface area contributed by atoms with E-state index in [-0.39, 0.29) is 18.2 Å². The van der Waals surface area contributed by atoms with E-state index in [9.17, 15) is 18.0 Å². The third-order valence-electron chi connectivity index (χ3n) is 6.77. The molecule has 1 fully saturated rings. The van der Waals surface area contributed by atoms with Crippen molar-refractivity contribution < 1.29 is 22.7 Å². The smallest absolute Gasteiger partial charge is 0.378 e. The summed E-state index contributed by atoms with van der Waals surface area (Å²) in [5.41, 5.74) is 3.08. The predicted octanol–water partition coefficient (Wildman–Crippen LogP) is 6.09. The summed E-state index contributed by atoms with van der Waals surface area (Å²) >= 11 is 0. The Kier molecular flexibility index (Phi) is 6.83. The van der Waals surface area contributed by atoms with Gasteiger partial charge in [-0.1, -0.05) is 60.7 Å². The number of amides is 1. The van der Waals surface area contributed by atoms with E-state index < -0.39 is 11.7 Å². The Hall–Kier alpha value is -3.58. The fourth-order valence-corrected chi connectivity index (χ4v) is 4.89. The quantitative estimate of drug-likeness (QED) is 0.327. The number of hydrogen-bond acceptors (Lipinski definition) is 2. The Balaban J connectivity index is 1.56. The molecule has 0 unspecified atom stereocenters. The van der Waals surface area contributed by atoms with Crippen molar-refractivity contribution in [3.05, 3.63) is 107 Å². The van der Waals surface area contributed by atoms with E-state index in [4.69, 9.17) is 4.74 Å². The summed E-state index contributed by atoms with van der Waals surface area (Å²) in [6, 6.07) is 23.3. The van der Waals surface area contributed by atoms with Gasteiger partial charge in [0, 0.05) is 49.1 Å². The minimum Gasteiger partial charge on any atom is -0.378 e. The average molecular weight is 493 g/mol. The number of morpholine rings is 1. The second kappa shape index (κ2) is 10.2. The summed E-state index contributed by atoms with van der Waals surface area (Å²) in [5, 5.41) is 0.994. The number of carbonyl (C=O) groups excluding carboxylic acids is 1. The van der Waals surface area contributed by atoms with Gasteiger partial charge in [-0.05, 0) is 34.9 Å². The molecular formula is C29H27F3N2O2. The lowest BCUT2D eigenvalue weighted by Crippen LogP contribution is -2.41. The van der Waals surface area contributed by atoms with Crippen molar-refractivity contribution in [2.45, 2.75) is 25.1 Å². The number of ether oxygens (including phenoxy) is 1. The van der Waals surface area contributed by atoms with Crippen LogP contribution in [0, 0.1) is 0 Å². The molecule has 1 aliphatic heterocycles. The molecule has 1 aromatic heterocycles. The standard InChI is InChI=1S/C29H27F3N2O2/c30-29(31,32)23-12-10-22(11-13-23)25(18-28(35)33-14-16-36-17-15-33)26-20-34(19-21-6-2-1-3-7-21)27-9-5-4-8-24(26)27/h1-13,20,25H,14-19H2/t25-/m0/s1. The van der Waals surface area contributed by atoms with Crippen LogP contribution in [0.4, 0.5) is 13.2 Å². The lowest BCUT2D eigenvalue weighted by Gasteiger charge is -2.29. The Bertz CT molecular complexity index is 1320. The second-order valence-corrected chi connectivity index (χ2v) is 9.08. The normalized spacial score (nSPS) is 15.2. The van der Waals surface area contributed by atoms with Crippen molar-refractivity contribution in [2.75, 3.05) is 26.3 Å². The van der Waals surface area contributed by atoms with Crippen LogP contribution in [-0.4, -0.2) is 41.7 Å². The molecule has 1 aliphatic rings. The summed E-state index contributed by atoms with van der Waals surface area (Å²) in [6.45, 7) is 2.68. The van der Waals surface area contributed by atoms with Crippen molar-refractivity contribution in [2.24, 2.45) is 0 Å². The molecule has 1 atom stereocenters. The molecular weight excluding hydrogens is 465 g/mol. The van der Waals surface area contributed by atoms with E-state index in [1.807, 2.05) is 48.7 Å². The Morgan fingerprint density at radius 3 is 2.25 bits per heavy atom. The molecule has 5 rings (SSSR count). The molecule has 0 N–H and O–H groups in total. The van der Waals surface area contributed by atoms with E-state index in [0.29, 0.717) is 38.4 Å². The molecule has 4 nitrogen and oxygen atoms in total. The highest BCUT2D eigenvalue weighted by molar-refractivity contribution is 5.87. The van der Waals surface area contributed by atoms with Crippen molar-refractivity contribution in [1.82, 2.24) is 9.47 Å². The first-order valence-electron chi connectivity index (χ1n) is 12.0. The molecule has 36 heavy (non-hydrogen) atoms. The van der Waals surface area contributed by atoms with Crippen LogP contribution in [0.5, 0.6) is 0 Å². The van der Waals surface area contributed by atoms with Crippen molar-refractivity contribution in [1.29, 1.82) is 0 Å². The van der Waals surface area contributed by atoms with Gasteiger partial charge in [0.25, 0.3) is 0 Å². The molecule has 2 heterocycles. The SMILES string of the molecule is O=C(C[C@@H](c1ccc(C(F)(F)F)cc1)c1cn(Cc2ccccc2)c2ccccc12)N1CCOCC1. The minimum atomic E-state index is -4.41. The number of hydrogen-bond donors (Lipinski definition) is 0. The van der Waals surface area contributed by atoms with E-state index in [1.165, 1.54) is 12.1 Å². The Morgan fingerprint density at radius 2 is 1.56 bits per heavy atom. The number of fused-ring (bicyclic) bond motifs is 1. The molecule has 0 bridgehead atoms. The highest BCUT2D eigenvalue weighted by atomic mass is 19.4. The predicted molar refractivity (Wildman–Crippen MR) is 133 cm³/mol. The van der Waals surface area contributed by atoms with Crippen LogP contribution in [0.3, 0.4) is 0 Å². The van der Waals surface area contributed by atoms with Gasteiger partial charge in [0.2, 0.25) is 5.91 Å². The highest BCUT2D eigenvalue weighted by Gasteiger charge is 2.31. The Morgan fingerprint density at radius 1 is 0.889 bits per heavy atom. The zero-order chi connectivity index (χ0) is 25.1. The first-order chi connectivity index (χ1) is 17.4. The van der Waals surface area contributed by atoms with Crippen LogP contribution >= 0.6 is 0 Å². The number of para-hydroxylation sites is 1. The number of benzene rings is 3. The molecule has 4 aromatic rings. The largest absolute Gasteiger partial charge is 0.416 e. The maximum atomic E-state index is 13.3. The molecule has 0 radical (unpaired) electrons. The fourth-order valence-electron chi connectivity index (χ4n) is 4.89. The number of alkyl halides is 3. The first kappa shape index (κ1) is 24.1. The van der Waals surface area contributed by atoms with Gasteiger partial charge in [-0.2, -0.15) is 13.2 Å². The summed E-state index contributed by atoms with van der Waals surface area (Å²) in [7, 11) is 0. The van der Waals surface area contributed by atoms with Gasteiger partial charge in [0.05, 0.1) is 18.8 Å². The molecule has 0 saturated carbocycles. The topological polar surface area (TPSA) is 34.5 Å². The maximum absolute atomic E-state index is 13.3. The summed E-state index contributed by atoms with van der Waals surface area (Å²) in [5.74, 6) is -0.410. The third-order valence-corrected chi connectivity index (χ3v) is 6.77. The first-order valence-corrected chi connectivity index (χ1v) is 12.0. The third kappa shape index (κ3) is 5.16. The molecule has 186 valence electrons. The van der Waals surface area contributed by atoms with E-state index in [1.54, 1.807) is 4.90 Å². The van der Waals surface area contributed by atoms with E-state index in [0.717, 1.165) is 34.2 Å². The minimum absolute atomic E-state index is 0.0249. The van der Waals surface area contributed by atoms with E-state index in [2.05, 4.69) is 16.7 Å². The van der Waals surface area contributed by atoms with Gasteiger partial charge < -0.3 is 14.2 Å². The van der Waals surface area contributed by atoms with Crippen LogP contribution in [-0.2, 0) is 22.3 Å². The van der Waals surface area contributed by atoms with Gasteiger partial charge in [0.15, 0.2) is 0 Å². The molecule has 0 spiro atoms. The monoisotopic (exact) mass is 492 g/mol. The molecule has 3 aromatic carbocycles. The number of halogens is 3. The van der Waals surface area contributed by atoms with Gasteiger partial charge in [-0.25, -0.2) is 0 Å². The number of carbonyl (C=O) groups is 1. The van der Waals surface area contributed by atoms with Crippen LogP contribution in [0.1, 0.15) is 34.6 Å². The molecule has 0 aliphatic carbocycles. The lowest BCUT2D eigenvalue weighted by atomic mass is 9.87. The molecule has 7 heteroatoms. The zero-order valence-electron chi connectivity index (χ0n) is 19.7. The number of rotatable bonds is 6. The van der Waals surface area contributed by atoms with Crippen LogP contribution in [0.15, 0.2) is 85.1 Å². The zero-order valence-corrected chi connectivity index (χ0v) is 19.7. The Labute approximate surface area is 207 Å².